The molecule has 1 heterocycles. The standard InChI is InChI=1S/C18H29NO4S/c1-17(2,3)13(20)7-9-19-15(22)11-12(16(19)23)24-10-8-14(21)18(4,5)6/h12H,7-11H2,1-6H3. The van der Waals surface area contributed by atoms with Gasteiger partial charge >= 0.3 is 0 Å². The fourth-order valence-corrected chi connectivity index (χ4v) is 3.39. The van der Waals surface area contributed by atoms with Gasteiger partial charge < -0.3 is 0 Å². The molecule has 24 heavy (non-hydrogen) atoms. The summed E-state index contributed by atoms with van der Waals surface area (Å²) in [5, 5.41) is -0.421. The third-order valence-electron chi connectivity index (χ3n) is 4.09. The van der Waals surface area contributed by atoms with E-state index in [0.717, 1.165) is 0 Å². The highest BCUT2D eigenvalue weighted by Gasteiger charge is 2.39. The van der Waals surface area contributed by atoms with E-state index in [0.29, 0.717) is 12.2 Å². The summed E-state index contributed by atoms with van der Waals surface area (Å²) in [6.07, 6.45) is 0.756. The maximum atomic E-state index is 12.3. The Morgan fingerprint density at radius 2 is 1.50 bits per heavy atom. The normalized spacial score (nSPS) is 19.1. The Labute approximate surface area is 148 Å². The van der Waals surface area contributed by atoms with Crippen molar-refractivity contribution in [1.82, 2.24) is 4.90 Å². The van der Waals surface area contributed by atoms with Crippen molar-refractivity contribution in [3.63, 3.8) is 0 Å². The van der Waals surface area contributed by atoms with Crippen LogP contribution in [0.15, 0.2) is 0 Å². The van der Waals surface area contributed by atoms with Crippen molar-refractivity contribution >= 4 is 35.1 Å². The molecule has 0 bridgehead atoms. The lowest BCUT2D eigenvalue weighted by Gasteiger charge is -2.19. The fraction of sp³-hybridized carbons (Fsp3) is 0.778. The van der Waals surface area contributed by atoms with Crippen molar-refractivity contribution in [1.29, 1.82) is 0 Å². The van der Waals surface area contributed by atoms with Crippen molar-refractivity contribution in [2.75, 3.05) is 12.3 Å². The van der Waals surface area contributed by atoms with E-state index in [9.17, 15) is 19.2 Å². The SMILES string of the molecule is CC(C)(C)C(=O)CCSC1CC(=O)N(CCC(=O)C(C)(C)C)C1=O. The molecule has 1 aliphatic rings. The third-order valence-corrected chi connectivity index (χ3v) is 5.30. The molecule has 0 N–H and O–H groups in total. The number of hydrogen-bond acceptors (Lipinski definition) is 5. The number of nitrogens with zero attached hydrogens (tertiary/aromatic N) is 1. The number of carbonyl (C=O) groups is 4. The Balaban J connectivity index is 2.49. The minimum Gasteiger partial charge on any atom is -0.299 e. The van der Waals surface area contributed by atoms with Crippen LogP contribution in [0.4, 0.5) is 0 Å². The molecule has 1 atom stereocenters. The van der Waals surface area contributed by atoms with Gasteiger partial charge in [-0.1, -0.05) is 41.5 Å². The second-order valence-electron chi connectivity index (χ2n) is 8.29. The number of Topliss-reactive ketones (excluding diaryl/α,β-unsaturated/α-hetero) is 2. The largest absolute Gasteiger partial charge is 0.299 e. The summed E-state index contributed by atoms with van der Waals surface area (Å²) in [7, 11) is 0. The first-order valence-corrected chi connectivity index (χ1v) is 9.41. The molecule has 0 radical (unpaired) electrons. The molecule has 1 rings (SSSR count). The molecule has 1 unspecified atom stereocenters. The number of amides is 2. The van der Waals surface area contributed by atoms with E-state index in [1.807, 2.05) is 41.5 Å². The zero-order valence-electron chi connectivity index (χ0n) is 15.6. The molecule has 6 heteroatoms. The maximum absolute atomic E-state index is 12.3. The molecule has 0 saturated carbocycles. The molecule has 0 aromatic carbocycles. The van der Waals surface area contributed by atoms with E-state index in [4.69, 9.17) is 0 Å². The van der Waals surface area contributed by atoms with Gasteiger partial charge in [0.1, 0.15) is 11.6 Å². The van der Waals surface area contributed by atoms with Gasteiger partial charge in [-0.2, -0.15) is 0 Å². The van der Waals surface area contributed by atoms with E-state index in [1.54, 1.807) is 0 Å². The predicted octanol–water partition coefficient (Wildman–Crippen LogP) is 2.86. The van der Waals surface area contributed by atoms with Crippen LogP contribution >= 0.6 is 11.8 Å². The first kappa shape index (κ1) is 20.9. The minimum absolute atomic E-state index is 0.0370. The first-order valence-electron chi connectivity index (χ1n) is 8.36. The number of ketones is 2. The van der Waals surface area contributed by atoms with Gasteiger partial charge in [0, 0.05) is 42.4 Å². The molecule has 0 aromatic rings. The van der Waals surface area contributed by atoms with Crippen LogP contribution in [0.2, 0.25) is 0 Å². The molecule has 0 aliphatic carbocycles. The van der Waals surface area contributed by atoms with E-state index in [1.165, 1.54) is 16.7 Å². The van der Waals surface area contributed by atoms with Gasteiger partial charge in [-0.25, -0.2) is 0 Å². The molecule has 2 amide bonds. The summed E-state index contributed by atoms with van der Waals surface area (Å²) in [6, 6.07) is 0. The summed E-state index contributed by atoms with van der Waals surface area (Å²) in [4.78, 5) is 49.4. The number of rotatable bonds is 7. The van der Waals surface area contributed by atoms with Gasteiger partial charge in [-0.3, -0.25) is 24.1 Å². The van der Waals surface area contributed by atoms with E-state index < -0.39 is 10.7 Å². The second-order valence-corrected chi connectivity index (χ2v) is 9.60. The van der Waals surface area contributed by atoms with Crippen LogP contribution in [0, 0.1) is 10.8 Å². The maximum Gasteiger partial charge on any atom is 0.242 e. The first-order chi connectivity index (χ1) is 10.8. The fourth-order valence-electron chi connectivity index (χ4n) is 2.28. The Morgan fingerprint density at radius 1 is 1.00 bits per heavy atom. The van der Waals surface area contributed by atoms with E-state index in [2.05, 4.69) is 0 Å². The average molecular weight is 356 g/mol. The van der Waals surface area contributed by atoms with Crippen LogP contribution in [-0.4, -0.2) is 45.8 Å². The Bertz CT molecular complexity index is 528. The van der Waals surface area contributed by atoms with Gasteiger partial charge in [0.25, 0.3) is 0 Å². The summed E-state index contributed by atoms with van der Waals surface area (Å²) >= 11 is 1.37. The van der Waals surface area contributed by atoms with E-state index in [-0.39, 0.29) is 48.2 Å². The summed E-state index contributed by atoms with van der Waals surface area (Å²) in [5.74, 6) is 0.278. The zero-order chi connectivity index (χ0) is 18.7. The van der Waals surface area contributed by atoms with Gasteiger partial charge in [-0.15, -0.1) is 11.8 Å². The van der Waals surface area contributed by atoms with Crippen LogP contribution in [-0.2, 0) is 19.2 Å². The quantitative estimate of drug-likeness (QED) is 0.657. The lowest BCUT2D eigenvalue weighted by atomic mass is 9.89. The number of likely N-dealkylation sites (tertiary alicyclic amines) is 1. The highest BCUT2D eigenvalue weighted by Crippen LogP contribution is 2.28. The topological polar surface area (TPSA) is 71.5 Å². The lowest BCUT2D eigenvalue weighted by molar-refractivity contribution is -0.139. The molecule has 1 fully saturated rings. The molecule has 5 nitrogen and oxygen atoms in total. The van der Waals surface area contributed by atoms with Gasteiger partial charge in [-0.05, 0) is 0 Å². The smallest absolute Gasteiger partial charge is 0.242 e. The van der Waals surface area contributed by atoms with Gasteiger partial charge in [0.2, 0.25) is 11.8 Å². The molecule has 0 aromatic heterocycles. The number of hydrogen-bond donors (Lipinski definition) is 0. The average Bonchev–Trinajstić information content (AvgIpc) is 2.69. The Morgan fingerprint density at radius 3 is 2.00 bits per heavy atom. The van der Waals surface area contributed by atoms with Crippen LogP contribution in [0.5, 0.6) is 0 Å². The van der Waals surface area contributed by atoms with Crippen LogP contribution in [0.1, 0.15) is 60.8 Å². The Kier molecular flexibility index (Phi) is 6.79. The minimum atomic E-state index is -0.465. The molecule has 0 spiro atoms. The molecule has 1 aliphatic heterocycles. The third kappa shape index (κ3) is 5.72. The number of carbonyl (C=O) groups excluding carboxylic acids is 4. The number of thioether (sulfide) groups is 1. The van der Waals surface area contributed by atoms with Crippen molar-refractivity contribution in [2.24, 2.45) is 10.8 Å². The lowest BCUT2D eigenvalue weighted by Crippen LogP contribution is -2.35. The molecule has 1 saturated heterocycles. The summed E-state index contributed by atoms with van der Waals surface area (Å²) in [6.45, 7) is 11.3. The van der Waals surface area contributed by atoms with E-state index >= 15 is 0 Å². The Hall–Kier alpha value is -1.17. The van der Waals surface area contributed by atoms with Crippen molar-refractivity contribution < 1.29 is 19.2 Å². The van der Waals surface area contributed by atoms with Crippen LogP contribution < -0.4 is 0 Å². The molecular formula is C18H29NO4S. The van der Waals surface area contributed by atoms with Crippen molar-refractivity contribution in [3.8, 4) is 0 Å². The molecular weight excluding hydrogens is 326 g/mol. The summed E-state index contributed by atoms with van der Waals surface area (Å²) < 4.78 is 0. The monoisotopic (exact) mass is 355 g/mol. The predicted molar refractivity (Wildman–Crippen MR) is 95.7 cm³/mol. The molecule has 136 valence electrons. The van der Waals surface area contributed by atoms with Gasteiger partial charge in [0.15, 0.2) is 0 Å². The van der Waals surface area contributed by atoms with Crippen molar-refractivity contribution in [3.05, 3.63) is 0 Å². The summed E-state index contributed by atoms with van der Waals surface area (Å²) in [5.41, 5.74) is -0.845. The highest BCUT2D eigenvalue weighted by molar-refractivity contribution is 8.00. The number of imide groups is 1. The van der Waals surface area contributed by atoms with Gasteiger partial charge in [0.05, 0.1) is 5.25 Å². The van der Waals surface area contributed by atoms with Crippen LogP contribution in [0.25, 0.3) is 0 Å². The zero-order valence-corrected chi connectivity index (χ0v) is 16.4. The van der Waals surface area contributed by atoms with Crippen LogP contribution in [0.3, 0.4) is 0 Å². The second kappa shape index (κ2) is 7.81. The highest BCUT2D eigenvalue weighted by atomic mass is 32.2. The van der Waals surface area contributed by atoms with Crippen molar-refractivity contribution in [2.45, 2.75) is 66.1 Å².